The molecule has 1 aliphatic rings. The zero-order valence-electron chi connectivity index (χ0n) is 16.8. The van der Waals surface area contributed by atoms with Gasteiger partial charge in [0.2, 0.25) is 0 Å². The molecule has 4 aromatic rings. The first-order chi connectivity index (χ1) is 14.1. The summed E-state index contributed by atoms with van der Waals surface area (Å²) in [6.07, 6.45) is 5.92. The van der Waals surface area contributed by atoms with Crippen LogP contribution in [0.2, 0.25) is 0 Å². The SMILES string of the molecule is Cc1ccccc1-c1nn(-c2ccccc2)cc1-c1nc(C2(N)CCCC2)no1.Cl. The molecule has 2 aromatic carbocycles. The largest absolute Gasteiger partial charge is 0.334 e. The monoisotopic (exact) mass is 421 g/mol. The zero-order chi connectivity index (χ0) is 19.8. The summed E-state index contributed by atoms with van der Waals surface area (Å²) in [4.78, 5) is 4.70. The van der Waals surface area contributed by atoms with Gasteiger partial charge in [0.25, 0.3) is 5.89 Å². The number of halogens is 1. The topological polar surface area (TPSA) is 82.8 Å². The molecule has 2 N–H and O–H groups in total. The lowest BCUT2D eigenvalue weighted by molar-refractivity contribution is 0.372. The van der Waals surface area contributed by atoms with Gasteiger partial charge in [-0.05, 0) is 37.5 Å². The van der Waals surface area contributed by atoms with E-state index >= 15 is 0 Å². The second-order valence-electron chi connectivity index (χ2n) is 7.77. The molecule has 1 aliphatic carbocycles. The Hall–Kier alpha value is -2.96. The number of aromatic nitrogens is 4. The van der Waals surface area contributed by atoms with E-state index < -0.39 is 5.54 Å². The number of rotatable bonds is 4. The number of para-hydroxylation sites is 1. The van der Waals surface area contributed by atoms with E-state index in [1.165, 1.54) is 0 Å². The smallest absolute Gasteiger partial charge is 0.261 e. The lowest BCUT2D eigenvalue weighted by Crippen LogP contribution is -2.34. The maximum Gasteiger partial charge on any atom is 0.261 e. The molecule has 30 heavy (non-hydrogen) atoms. The van der Waals surface area contributed by atoms with Crippen LogP contribution in [0.15, 0.2) is 65.3 Å². The molecule has 154 valence electrons. The van der Waals surface area contributed by atoms with Gasteiger partial charge in [-0.15, -0.1) is 12.4 Å². The second kappa shape index (κ2) is 8.05. The van der Waals surface area contributed by atoms with Crippen LogP contribution in [-0.2, 0) is 5.54 Å². The maximum absolute atomic E-state index is 6.54. The molecule has 7 heteroatoms. The first-order valence-electron chi connectivity index (χ1n) is 9.99. The van der Waals surface area contributed by atoms with Gasteiger partial charge in [0.1, 0.15) is 5.69 Å². The summed E-state index contributed by atoms with van der Waals surface area (Å²) in [6, 6.07) is 18.2. The van der Waals surface area contributed by atoms with Gasteiger partial charge in [0, 0.05) is 11.8 Å². The number of benzene rings is 2. The molecular weight excluding hydrogens is 398 g/mol. The Kier molecular flexibility index (Phi) is 5.45. The average molecular weight is 422 g/mol. The summed E-state index contributed by atoms with van der Waals surface area (Å²) in [7, 11) is 0. The minimum Gasteiger partial charge on any atom is -0.334 e. The molecule has 0 saturated heterocycles. The third kappa shape index (κ3) is 3.53. The van der Waals surface area contributed by atoms with Crippen LogP contribution in [0.4, 0.5) is 0 Å². The van der Waals surface area contributed by atoms with Crippen LogP contribution in [0.25, 0.3) is 28.4 Å². The number of hydrogen-bond acceptors (Lipinski definition) is 5. The van der Waals surface area contributed by atoms with Crippen LogP contribution in [-0.4, -0.2) is 19.9 Å². The molecule has 0 amide bonds. The number of aryl methyl sites for hydroxylation is 1. The van der Waals surface area contributed by atoms with Crippen molar-refractivity contribution in [2.45, 2.75) is 38.1 Å². The van der Waals surface area contributed by atoms with E-state index in [9.17, 15) is 0 Å². The van der Waals surface area contributed by atoms with Gasteiger partial charge >= 0.3 is 0 Å². The van der Waals surface area contributed by atoms with Gasteiger partial charge in [-0.25, -0.2) is 4.68 Å². The summed E-state index contributed by atoms with van der Waals surface area (Å²) in [5.74, 6) is 1.05. The van der Waals surface area contributed by atoms with Crippen LogP contribution >= 0.6 is 12.4 Å². The van der Waals surface area contributed by atoms with Gasteiger partial charge < -0.3 is 10.3 Å². The van der Waals surface area contributed by atoms with Gasteiger partial charge in [0.15, 0.2) is 5.82 Å². The highest BCUT2D eigenvalue weighted by molar-refractivity contribution is 5.85. The summed E-state index contributed by atoms with van der Waals surface area (Å²) in [6.45, 7) is 2.08. The maximum atomic E-state index is 6.54. The van der Waals surface area contributed by atoms with Crippen LogP contribution in [0.5, 0.6) is 0 Å². The van der Waals surface area contributed by atoms with E-state index in [-0.39, 0.29) is 12.4 Å². The molecule has 6 nitrogen and oxygen atoms in total. The molecule has 0 aliphatic heterocycles. The van der Waals surface area contributed by atoms with Gasteiger partial charge in [-0.2, -0.15) is 10.1 Å². The van der Waals surface area contributed by atoms with Crippen molar-refractivity contribution in [3.63, 3.8) is 0 Å². The summed E-state index contributed by atoms with van der Waals surface area (Å²) in [5.41, 5.74) is 10.8. The second-order valence-corrected chi connectivity index (χ2v) is 7.77. The third-order valence-corrected chi connectivity index (χ3v) is 5.73. The highest BCUT2D eigenvalue weighted by Crippen LogP contribution is 2.37. The first kappa shape index (κ1) is 20.3. The third-order valence-electron chi connectivity index (χ3n) is 5.73. The quantitative estimate of drug-likeness (QED) is 0.498. The molecular formula is C23H24ClN5O. The van der Waals surface area contributed by atoms with Gasteiger partial charge in [-0.3, -0.25) is 0 Å². The lowest BCUT2D eigenvalue weighted by Gasteiger charge is -2.17. The predicted octanol–water partition coefficient (Wildman–Crippen LogP) is 5.05. The molecule has 0 radical (unpaired) electrons. The van der Waals surface area contributed by atoms with Crippen molar-refractivity contribution in [3.8, 4) is 28.4 Å². The zero-order valence-corrected chi connectivity index (χ0v) is 17.6. The summed E-state index contributed by atoms with van der Waals surface area (Å²) in [5, 5.41) is 9.11. The molecule has 0 unspecified atom stereocenters. The lowest BCUT2D eigenvalue weighted by atomic mass is 9.98. The van der Waals surface area contributed by atoms with E-state index in [0.29, 0.717) is 11.7 Å². The first-order valence-corrected chi connectivity index (χ1v) is 9.99. The Morgan fingerprint density at radius 2 is 1.67 bits per heavy atom. The van der Waals surface area contributed by atoms with Gasteiger partial charge in [0.05, 0.1) is 16.8 Å². The summed E-state index contributed by atoms with van der Waals surface area (Å²) >= 11 is 0. The van der Waals surface area contributed by atoms with Gasteiger partial charge in [-0.1, -0.05) is 60.5 Å². The molecule has 0 atom stereocenters. The molecule has 1 fully saturated rings. The Balaban J connectivity index is 0.00000218. The van der Waals surface area contributed by atoms with E-state index in [1.807, 2.05) is 53.3 Å². The molecule has 0 bridgehead atoms. The predicted molar refractivity (Wildman–Crippen MR) is 119 cm³/mol. The minimum atomic E-state index is -0.486. The van der Waals surface area contributed by atoms with Crippen molar-refractivity contribution in [3.05, 3.63) is 72.2 Å². The van der Waals surface area contributed by atoms with Crippen LogP contribution in [0, 0.1) is 6.92 Å². The molecule has 0 spiro atoms. The van der Waals surface area contributed by atoms with Crippen LogP contribution in [0.3, 0.4) is 0 Å². The Labute approximate surface area is 181 Å². The van der Waals surface area contributed by atoms with Crippen molar-refractivity contribution in [2.24, 2.45) is 5.73 Å². The Morgan fingerprint density at radius 1 is 0.967 bits per heavy atom. The van der Waals surface area contributed by atoms with E-state index in [2.05, 4.69) is 24.2 Å². The van der Waals surface area contributed by atoms with E-state index in [0.717, 1.165) is 53.8 Å². The highest BCUT2D eigenvalue weighted by atomic mass is 35.5. The number of nitrogens with two attached hydrogens (primary N) is 1. The fraction of sp³-hybridized carbons (Fsp3) is 0.261. The molecule has 1 saturated carbocycles. The Bertz CT molecular complexity index is 1150. The normalized spacial score (nSPS) is 15.1. The van der Waals surface area contributed by atoms with Crippen molar-refractivity contribution >= 4 is 12.4 Å². The fourth-order valence-corrected chi connectivity index (χ4v) is 4.05. The van der Waals surface area contributed by atoms with Crippen molar-refractivity contribution in [1.82, 2.24) is 19.9 Å². The molecule has 5 rings (SSSR count). The van der Waals surface area contributed by atoms with E-state index in [1.54, 1.807) is 0 Å². The average Bonchev–Trinajstić information content (AvgIpc) is 3.48. The molecule has 2 aromatic heterocycles. The standard InChI is InChI=1S/C23H23N5O.ClH/c1-16-9-5-6-12-18(16)20-19(15-28(26-20)17-10-3-2-4-11-17)21-25-22(27-29-21)23(24)13-7-8-14-23;/h2-6,9-12,15H,7-8,13-14,24H2,1H3;1H. The van der Waals surface area contributed by atoms with Crippen molar-refractivity contribution in [2.75, 3.05) is 0 Å². The van der Waals surface area contributed by atoms with Crippen LogP contribution < -0.4 is 5.73 Å². The summed E-state index contributed by atoms with van der Waals surface area (Å²) < 4.78 is 7.54. The van der Waals surface area contributed by atoms with E-state index in [4.69, 9.17) is 20.3 Å². The minimum absolute atomic E-state index is 0. The Morgan fingerprint density at radius 3 is 2.40 bits per heavy atom. The number of hydrogen-bond donors (Lipinski definition) is 1. The van der Waals surface area contributed by atoms with Crippen LogP contribution in [0.1, 0.15) is 37.1 Å². The van der Waals surface area contributed by atoms with Crippen molar-refractivity contribution < 1.29 is 4.52 Å². The highest BCUT2D eigenvalue weighted by Gasteiger charge is 2.36. The fourth-order valence-electron chi connectivity index (χ4n) is 4.05. The molecule has 2 heterocycles. The van der Waals surface area contributed by atoms with Crippen molar-refractivity contribution in [1.29, 1.82) is 0 Å². The number of nitrogens with zero attached hydrogens (tertiary/aromatic N) is 4.